The predicted octanol–water partition coefficient (Wildman–Crippen LogP) is 4.79. The van der Waals surface area contributed by atoms with Crippen molar-refractivity contribution in [3.05, 3.63) is 77.1 Å². The monoisotopic (exact) mass is 438 g/mol. The van der Waals surface area contributed by atoms with Gasteiger partial charge in [-0.3, -0.25) is 4.79 Å². The van der Waals surface area contributed by atoms with Gasteiger partial charge in [0.1, 0.15) is 0 Å². The van der Waals surface area contributed by atoms with Gasteiger partial charge in [-0.05, 0) is 36.8 Å². The second kappa shape index (κ2) is 7.89. The van der Waals surface area contributed by atoms with Crippen LogP contribution in [0.1, 0.15) is 42.4 Å². The summed E-state index contributed by atoms with van der Waals surface area (Å²) in [5.74, 6) is -3.22. The van der Waals surface area contributed by atoms with E-state index in [1.165, 1.54) is 17.2 Å². The topological polar surface area (TPSA) is 51.5 Å². The van der Waals surface area contributed by atoms with Crippen molar-refractivity contribution in [2.24, 2.45) is 7.05 Å². The van der Waals surface area contributed by atoms with E-state index in [0.717, 1.165) is 28.6 Å². The lowest BCUT2D eigenvalue weighted by atomic mass is 9.81. The van der Waals surface area contributed by atoms with E-state index in [2.05, 4.69) is 0 Å². The van der Waals surface area contributed by atoms with E-state index < -0.39 is 28.9 Å². The summed E-state index contributed by atoms with van der Waals surface area (Å²) in [6.07, 6.45) is 1.47. The molecule has 5 nitrogen and oxygen atoms in total. The Morgan fingerprint density at radius 3 is 2.50 bits per heavy atom. The zero-order valence-electron chi connectivity index (χ0n) is 18.4. The molecule has 1 aliphatic rings. The van der Waals surface area contributed by atoms with Gasteiger partial charge in [-0.25, -0.2) is 13.6 Å². The normalized spacial score (nSPS) is 15.2. The summed E-state index contributed by atoms with van der Waals surface area (Å²) in [7, 11) is 1.87. The first-order valence-electron chi connectivity index (χ1n) is 10.4. The number of benzene rings is 2. The van der Waals surface area contributed by atoms with Crippen LogP contribution in [0.2, 0.25) is 0 Å². The molecule has 0 unspecified atom stereocenters. The van der Waals surface area contributed by atoms with Crippen LogP contribution in [0.4, 0.5) is 8.78 Å². The van der Waals surface area contributed by atoms with Crippen LogP contribution in [0.5, 0.6) is 0 Å². The Morgan fingerprint density at radius 2 is 1.81 bits per heavy atom. The van der Waals surface area contributed by atoms with Crippen LogP contribution < -0.4 is 0 Å². The molecule has 1 amide bonds. The number of carbonyl (C=O) groups is 2. The number of fused-ring (bicyclic) bond motifs is 3. The van der Waals surface area contributed by atoms with Crippen molar-refractivity contribution >= 4 is 28.4 Å². The lowest BCUT2D eigenvalue weighted by Gasteiger charge is -2.29. The van der Waals surface area contributed by atoms with Crippen molar-refractivity contribution in [1.82, 2.24) is 9.47 Å². The number of hydrogen-bond donors (Lipinski definition) is 0. The van der Waals surface area contributed by atoms with E-state index in [4.69, 9.17) is 4.74 Å². The number of hydrogen-bond acceptors (Lipinski definition) is 3. The Bertz CT molecular complexity index is 1270. The third-order valence-corrected chi connectivity index (χ3v) is 5.81. The van der Waals surface area contributed by atoms with Crippen molar-refractivity contribution in [2.75, 3.05) is 13.2 Å². The predicted molar refractivity (Wildman–Crippen MR) is 118 cm³/mol. The second-order valence-electron chi connectivity index (χ2n) is 8.51. The second-order valence-corrected chi connectivity index (χ2v) is 8.51. The number of para-hydroxylation sites is 1. The molecule has 0 saturated carbocycles. The Labute approximate surface area is 184 Å². The molecule has 0 saturated heterocycles. The van der Waals surface area contributed by atoms with Crippen LogP contribution in [-0.4, -0.2) is 34.5 Å². The summed E-state index contributed by atoms with van der Waals surface area (Å²) in [5.41, 5.74) is 2.23. The van der Waals surface area contributed by atoms with Crippen molar-refractivity contribution in [3.63, 3.8) is 0 Å². The molecule has 0 atom stereocenters. The first-order chi connectivity index (χ1) is 15.2. The van der Waals surface area contributed by atoms with Crippen molar-refractivity contribution in [1.29, 1.82) is 0 Å². The number of amides is 1. The van der Waals surface area contributed by atoms with Crippen LogP contribution in [0.15, 0.2) is 48.7 Å². The number of rotatable bonds is 3. The number of halogens is 2. The number of ether oxygens (including phenoxy) is 1. The maximum atomic E-state index is 13.8. The Morgan fingerprint density at radius 1 is 1.09 bits per heavy atom. The minimum atomic E-state index is -1.10. The molecule has 3 aromatic rings. The van der Waals surface area contributed by atoms with Crippen LogP contribution >= 0.6 is 0 Å². The third kappa shape index (κ3) is 3.47. The minimum Gasteiger partial charge on any atom is -0.462 e. The van der Waals surface area contributed by atoms with Crippen molar-refractivity contribution in [2.45, 2.75) is 26.2 Å². The number of aryl methyl sites for hydroxylation is 1. The van der Waals surface area contributed by atoms with Crippen LogP contribution in [0, 0.1) is 11.6 Å². The average molecular weight is 438 g/mol. The molecule has 0 bridgehead atoms. The molecule has 4 rings (SSSR count). The Kier molecular flexibility index (Phi) is 5.36. The Hall–Kier alpha value is -3.48. The van der Waals surface area contributed by atoms with Gasteiger partial charge in [-0.15, -0.1) is 0 Å². The molecule has 166 valence electrons. The highest BCUT2D eigenvalue weighted by molar-refractivity contribution is 6.18. The van der Waals surface area contributed by atoms with E-state index >= 15 is 0 Å². The van der Waals surface area contributed by atoms with E-state index in [1.807, 2.05) is 49.7 Å². The van der Waals surface area contributed by atoms with E-state index in [9.17, 15) is 18.4 Å². The smallest absolute Gasteiger partial charge is 0.341 e. The fourth-order valence-corrected chi connectivity index (χ4v) is 4.44. The quantitative estimate of drug-likeness (QED) is 0.553. The standard InChI is InChI=1S/C25H24F2N2O3/c1-5-32-24(31)17-13-29(23(30)15-10-11-18(26)19(27)12-15)14-25(2,3)21-16-8-6-7-9-20(16)28(4)22(17)21/h6-13H,5,14H2,1-4H3. The fraction of sp³-hybridized carbons (Fsp3) is 0.280. The Balaban J connectivity index is 1.94. The van der Waals surface area contributed by atoms with Gasteiger partial charge in [-0.1, -0.05) is 32.0 Å². The first kappa shape index (κ1) is 21.7. The molecule has 7 heteroatoms. The fourth-order valence-electron chi connectivity index (χ4n) is 4.44. The molecular weight excluding hydrogens is 414 g/mol. The summed E-state index contributed by atoms with van der Waals surface area (Å²) in [5, 5.41) is 0.979. The van der Waals surface area contributed by atoms with E-state index in [0.29, 0.717) is 5.69 Å². The molecule has 1 aliphatic heterocycles. The van der Waals surface area contributed by atoms with E-state index in [1.54, 1.807) is 6.92 Å². The largest absolute Gasteiger partial charge is 0.462 e. The maximum Gasteiger partial charge on any atom is 0.341 e. The van der Waals surface area contributed by atoms with Gasteiger partial charge in [0, 0.05) is 41.7 Å². The average Bonchev–Trinajstić information content (AvgIpc) is 2.98. The van der Waals surface area contributed by atoms with Gasteiger partial charge < -0.3 is 14.2 Å². The highest BCUT2D eigenvalue weighted by Crippen LogP contribution is 2.42. The van der Waals surface area contributed by atoms with Gasteiger partial charge in [0.05, 0.1) is 17.9 Å². The number of esters is 1. The highest BCUT2D eigenvalue weighted by atomic mass is 19.2. The van der Waals surface area contributed by atoms with Crippen molar-refractivity contribution in [3.8, 4) is 0 Å². The van der Waals surface area contributed by atoms with Crippen LogP contribution in [0.25, 0.3) is 16.5 Å². The molecule has 2 aromatic carbocycles. The molecular formula is C25H24F2N2O3. The summed E-state index contributed by atoms with van der Waals surface area (Å²) in [6, 6.07) is 10.9. The van der Waals surface area contributed by atoms with Crippen molar-refractivity contribution < 1.29 is 23.1 Å². The SMILES string of the molecule is CCOC(=O)C1=CN(C(=O)c2ccc(F)c(F)c2)CC(C)(C)c2c1n(C)c1ccccc21. The molecule has 0 radical (unpaired) electrons. The zero-order valence-corrected chi connectivity index (χ0v) is 18.4. The molecule has 0 fully saturated rings. The number of nitrogens with zero attached hydrogens (tertiary/aromatic N) is 2. The number of carbonyl (C=O) groups excluding carboxylic acids is 2. The lowest BCUT2D eigenvalue weighted by molar-refractivity contribution is -0.136. The molecule has 2 heterocycles. The van der Waals surface area contributed by atoms with Crippen LogP contribution in [-0.2, 0) is 22.0 Å². The highest BCUT2D eigenvalue weighted by Gasteiger charge is 2.38. The molecule has 1 aromatic heterocycles. The number of aromatic nitrogens is 1. The molecule has 32 heavy (non-hydrogen) atoms. The van der Waals surface area contributed by atoms with Gasteiger partial charge in [0.25, 0.3) is 5.91 Å². The summed E-state index contributed by atoms with van der Waals surface area (Å²) in [6.45, 7) is 6.11. The summed E-state index contributed by atoms with van der Waals surface area (Å²) in [4.78, 5) is 27.7. The van der Waals surface area contributed by atoms with Gasteiger partial charge in [-0.2, -0.15) is 0 Å². The lowest BCUT2D eigenvalue weighted by Crippen LogP contribution is -2.37. The van der Waals surface area contributed by atoms with Crippen LogP contribution in [0.3, 0.4) is 0 Å². The molecule has 0 N–H and O–H groups in total. The third-order valence-electron chi connectivity index (χ3n) is 5.81. The van der Waals surface area contributed by atoms with Gasteiger partial charge in [0.15, 0.2) is 11.6 Å². The molecule has 0 spiro atoms. The maximum absolute atomic E-state index is 13.8. The summed E-state index contributed by atoms with van der Waals surface area (Å²) >= 11 is 0. The van der Waals surface area contributed by atoms with Gasteiger partial charge >= 0.3 is 5.97 Å². The molecule has 0 aliphatic carbocycles. The first-order valence-corrected chi connectivity index (χ1v) is 10.4. The van der Waals surface area contributed by atoms with Gasteiger partial charge in [0.2, 0.25) is 0 Å². The zero-order chi connectivity index (χ0) is 23.2. The summed E-state index contributed by atoms with van der Waals surface area (Å²) < 4.78 is 34.4. The minimum absolute atomic E-state index is 0.00465. The van der Waals surface area contributed by atoms with E-state index in [-0.39, 0.29) is 24.3 Å².